The smallest absolute Gasteiger partial charge is 0.369 e. The van der Waals surface area contributed by atoms with Gasteiger partial charge in [-0.05, 0) is 6.07 Å². The van der Waals surface area contributed by atoms with Crippen LogP contribution in [0.1, 0.15) is 5.56 Å². The highest BCUT2D eigenvalue weighted by molar-refractivity contribution is 7.99. The zero-order valence-electron chi connectivity index (χ0n) is 9.81. The van der Waals surface area contributed by atoms with Crippen LogP contribution in [0, 0.1) is 10.1 Å². The molecule has 0 N–H and O–H groups in total. The summed E-state index contributed by atoms with van der Waals surface area (Å²) in [5, 5.41) is 10.6. The summed E-state index contributed by atoms with van der Waals surface area (Å²) in [5.41, 5.74) is -1.45. The molecule has 19 heavy (non-hydrogen) atoms. The number of hydrogen-bond donors (Lipinski definition) is 0. The molecule has 2 rings (SSSR count). The maximum atomic E-state index is 13.0. The minimum absolute atomic E-state index is 0.0263. The predicted octanol–water partition coefficient (Wildman–Crippen LogP) is 3.17. The lowest BCUT2D eigenvalue weighted by atomic mass is 10.1. The molecule has 0 aliphatic carbocycles. The number of thioether (sulfide) groups is 1. The van der Waals surface area contributed by atoms with Gasteiger partial charge in [-0.1, -0.05) is 0 Å². The number of alkyl halides is 3. The van der Waals surface area contributed by atoms with E-state index in [2.05, 4.69) is 0 Å². The second-order valence-electron chi connectivity index (χ2n) is 4.06. The molecule has 1 saturated heterocycles. The topological polar surface area (TPSA) is 46.4 Å². The molecule has 0 atom stereocenters. The van der Waals surface area contributed by atoms with E-state index in [9.17, 15) is 23.3 Å². The molecular formula is C11H11F3N2O2S. The van der Waals surface area contributed by atoms with Crippen molar-refractivity contribution in [1.29, 1.82) is 0 Å². The molecule has 1 aliphatic rings. The third-order valence-electron chi connectivity index (χ3n) is 2.85. The molecule has 0 saturated carbocycles. The Morgan fingerprint density at radius 3 is 2.42 bits per heavy atom. The van der Waals surface area contributed by atoms with E-state index >= 15 is 0 Å². The Morgan fingerprint density at radius 2 is 1.89 bits per heavy atom. The Balaban J connectivity index is 2.44. The third kappa shape index (κ3) is 3.12. The second kappa shape index (κ2) is 5.28. The van der Waals surface area contributed by atoms with Crippen LogP contribution in [0.4, 0.5) is 24.5 Å². The molecule has 1 aromatic carbocycles. The van der Waals surface area contributed by atoms with Crippen molar-refractivity contribution < 1.29 is 18.1 Å². The SMILES string of the molecule is O=[N+]([O-])c1ccc(N2CCSCC2)c(C(F)(F)F)c1. The fourth-order valence-electron chi connectivity index (χ4n) is 1.94. The first-order valence-electron chi connectivity index (χ1n) is 5.58. The van der Waals surface area contributed by atoms with Crippen molar-refractivity contribution in [2.75, 3.05) is 29.5 Å². The Bertz CT molecular complexity index is 487. The highest BCUT2D eigenvalue weighted by atomic mass is 32.2. The summed E-state index contributed by atoms with van der Waals surface area (Å²) in [7, 11) is 0. The fourth-order valence-corrected chi connectivity index (χ4v) is 2.85. The van der Waals surface area contributed by atoms with Gasteiger partial charge in [0, 0.05) is 42.4 Å². The van der Waals surface area contributed by atoms with Crippen LogP contribution < -0.4 is 4.90 Å². The molecule has 0 spiro atoms. The maximum absolute atomic E-state index is 13.0. The first-order valence-corrected chi connectivity index (χ1v) is 6.73. The number of benzene rings is 1. The number of anilines is 1. The average Bonchev–Trinajstić information content (AvgIpc) is 2.38. The zero-order valence-corrected chi connectivity index (χ0v) is 10.6. The van der Waals surface area contributed by atoms with Crippen LogP contribution in [0.3, 0.4) is 0 Å². The molecule has 0 amide bonds. The lowest BCUT2D eigenvalue weighted by Crippen LogP contribution is -2.34. The van der Waals surface area contributed by atoms with Gasteiger partial charge in [-0.15, -0.1) is 0 Å². The molecule has 1 aromatic rings. The molecular weight excluding hydrogens is 281 g/mol. The van der Waals surface area contributed by atoms with Gasteiger partial charge in [0.05, 0.1) is 10.5 Å². The van der Waals surface area contributed by atoms with Crippen molar-refractivity contribution >= 4 is 23.1 Å². The lowest BCUT2D eigenvalue weighted by Gasteiger charge is -2.30. The Morgan fingerprint density at radius 1 is 1.26 bits per heavy atom. The summed E-state index contributed by atoms with van der Waals surface area (Å²) in [6.45, 7) is 1.04. The third-order valence-corrected chi connectivity index (χ3v) is 3.79. The summed E-state index contributed by atoms with van der Waals surface area (Å²) >= 11 is 1.68. The molecule has 4 nitrogen and oxygen atoms in total. The van der Waals surface area contributed by atoms with Crippen LogP contribution >= 0.6 is 11.8 Å². The largest absolute Gasteiger partial charge is 0.418 e. The van der Waals surface area contributed by atoms with Gasteiger partial charge in [0.2, 0.25) is 0 Å². The maximum Gasteiger partial charge on any atom is 0.418 e. The predicted molar refractivity (Wildman–Crippen MR) is 67.6 cm³/mol. The lowest BCUT2D eigenvalue weighted by molar-refractivity contribution is -0.385. The minimum Gasteiger partial charge on any atom is -0.369 e. The number of nitro benzene ring substituents is 1. The van der Waals surface area contributed by atoms with E-state index in [0.29, 0.717) is 19.2 Å². The second-order valence-corrected chi connectivity index (χ2v) is 5.28. The van der Waals surface area contributed by atoms with Gasteiger partial charge in [-0.25, -0.2) is 0 Å². The van der Waals surface area contributed by atoms with Crippen LogP contribution in [0.5, 0.6) is 0 Å². The van der Waals surface area contributed by atoms with Gasteiger partial charge in [0.15, 0.2) is 0 Å². The summed E-state index contributed by atoms with van der Waals surface area (Å²) in [6.07, 6.45) is -4.59. The van der Waals surface area contributed by atoms with Crippen LogP contribution in [-0.4, -0.2) is 29.5 Å². The zero-order chi connectivity index (χ0) is 14.0. The molecule has 0 aromatic heterocycles. The number of nitro groups is 1. The Hall–Kier alpha value is -1.44. The molecule has 1 heterocycles. The normalized spacial score (nSPS) is 16.5. The minimum atomic E-state index is -4.59. The van der Waals surface area contributed by atoms with E-state index in [0.717, 1.165) is 17.6 Å². The molecule has 0 bridgehead atoms. The van der Waals surface area contributed by atoms with E-state index in [-0.39, 0.29) is 5.69 Å². The fraction of sp³-hybridized carbons (Fsp3) is 0.455. The van der Waals surface area contributed by atoms with E-state index in [1.807, 2.05) is 0 Å². The van der Waals surface area contributed by atoms with Crippen LogP contribution in [0.25, 0.3) is 0 Å². The van der Waals surface area contributed by atoms with Gasteiger partial charge in [0.1, 0.15) is 0 Å². The first-order chi connectivity index (χ1) is 8.89. The van der Waals surface area contributed by atoms with Gasteiger partial charge < -0.3 is 4.90 Å². The van der Waals surface area contributed by atoms with Gasteiger partial charge in [0.25, 0.3) is 5.69 Å². The number of halogens is 3. The summed E-state index contributed by atoms with van der Waals surface area (Å²) < 4.78 is 39.0. The summed E-state index contributed by atoms with van der Waals surface area (Å²) in [4.78, 5) is 11.4. The molecule has 104 valence electrons. The number of hydrogen-bond acceptors (Lipinski definition) is 4. The van der Waals surface area contributed by atoms with Crippen molar-refractivity contribution in [2.24, 2.45) is 0 Å². The molecule has 0 radical (unpaired) electrons. The number of nitrogens with zero attached hydrogens (tertiary/aromatic N) is 2. The molecule has 1 fully saturated rings. The van der Waals surface area contributed by atoms with Crippen molar-refractivity contribution in [2.45, 2.75) is 6.18 Å². The highest BCUT2D eigenvalue weighted by Gasteiger charge is 2.36. The van der Waals surface area contributed by atoms with E-state index in [4.69, 9.17) is 0 Å². The van der Waals surface area contributed by atoms with Crippen molar-refractivity contribution in [1.82, 2.24) is 0 Å². The Kier molecular flexibility index (Phi) is 3.88. The molecule has 1 aliphatic heterocycles. The first kappa shape index (κ1) is 14.0. The van der Waals surface area contributed by atoms with Crippen molar-refractivity contribution in [3.8, 4) is 0 Å². The molecule has 0 unspecified atom stereocenters. The van der Waals surface area contributed by atoms with E-state index in [1.54, 1.807) is 16.7 Å². The van der Waals surface area contributed by atoms with Crippen molar-refractivity contribution in [3.63, 3.8) is 0 Å². The standard InChI is InChI=1S/C11H11F3N2O2S/c12-11(13,14)9-7-8(16(17)18)1-2-10(9)15-3-5-19-6-4-15/h1-2,7H,3-6H2. The highest BCUT2D eigenvalue weighted by Crippen LogP contribution is 2.39. The quantitative estimate of drug-likeness (QED) is 0.620. The molecule has 8 heteroatoms. The van der Waals surface area contributed by atoms with Crippen LogP contribution in [0.15, 0.2) is 18.2 Å². The number of rotatable bonds is 2. The number of non-ortho nitro benzene ring substituents is 1. The summed E-state index contributed by atoms with van der Waals surface area (Å²) in [6, 6.07) is 2.92. The van der Waals surface area contributed by atoms with E-state index < -0.39 is 22.4 Å². The van der Waals surface area contributed by atoms with Crippen LogP contribution in [0.2, 0.25) is 0 Å². The van der Waals surface area contributed by atoms with Gasteiger partial charge in [-0.2, -0.15) is 24.9 Å². The van der Waals surface area contributed by atoms with Crippen molar-refractivity contribution in [3.05, 3.63) is 33.9 Å². The van der Waals surface area contributed by atoms with E-state index in [1.165, 1.54) is 6.07 Å². The average molecular weight is 292 g/mol. The Labute approximate surface area is 111 Å². The van der Waals surface area contributed by atoms with Gasteiger partial charge in [-0.3, -0.25) is 10.1 Å². The van der Waals surface area contributed by atoms with Crippen LogP contribution in [-0.2, 0) is 6.18 Å². The summed E-state index contributed by atoms with van der Waals surface area (Å²) in [5.74, 6) is 1.52. The monoisotopic (exact) mass is 292 g/mol. The van der Waals surface area contributed by atoms with Gasteiger partial charge >= 0.3 is 6.18 Å².